The van der Waals surface area contributed by atoms with Gasteiger partial charge >= 0.3 is 0 Å². The summed E-state index contributed by atoms with van der Waals surface area (Å²) in [5.74, 6) is 0.259. The molecular formula is C21H22FN5O2. The molecule has 0 spiro atoms. The highest BCUT2D eigenvalue weighted by Gasteiger charge is 2.26. The van der Waals surface area contributed by atoms with Crippen molar-refractivity contribution in [2.24, 2.45) is 13.0 Å². The van der Waals surface area contributed by atoms with Crippen LogP contribution in [0.25, 0.3) is 11.3 Å². The summed E-state index contributed by atoms with van der Waals surface area (Å²) in [5.41, 5.74) is 4.07. The first kappa shape index (κ1) is 19.0. The number of benzene rings is 1. The standard InChI is InChI=1S/C21H22FN5O2/c1-13(2)21(28)27-10-15-6-9-19(23-17(15)11-27)29-12-18-20(24-25-26(18)3)14-4-7-16(22)8-5-14/h4-9,13H,10-12H2,1-3H3. The lowest BCUT2D eigenvalue weighted by Gasteiger charge is -2.17. The summed E-state index contributed by atoms with van der Waals surface area (Å²) in [6.07, 6.45) is 0. The van der Waals surface area contributed by atoms with Crippen molar-refractivity contribution in [2.75, 3.05) is 0 Å². The zero-order valence-electron chi connectivity index (χ0n) is 16.6. The Balaban J connectivity index is 1.49. The van der Waals surface area contributed by atoms with Gasteiger partial charge in [0.15, 0.2) is 0 Å². The number of hydrogen-bond donors (Lipinski definition) is 0. The smallest absolute Gasteiger partial charge is 0.225 e. The Morgan fingerprint density at radius 1 is 1.17 bits per heavy atom. The van der Waals surface area contributed by atoms with Crippen LogP contribution < -0.4 is 4.74 Å². The Bertz CT molecular complexity index is 1050. The summed E-state index contributed by atoms with van der Waals surface area (Å²) in [6.45, 7) is 5.09. The van der Waals surface area contributed by atoms with E-state index in [2.05, 4.69) is 15.3 Å². The minimum atomic E-state index is -0.303. The number of aryl methyl sites for hydroxylation is 1. The van der Waals surface area contributed by atoms with Crippen LogP contribution in [-0.4, -0.2) is 30.8 Å². The molecule has 0 atom stereocenters. The van der Waals surface area contributed by atoms with E-state index in [4.69, 9.17) is 4.74 Å². The van der Waals surface area contributed by atoms with E-state index in [9.17, 15) is 9.18 Å². The van der Waals surface area contributed by atoms with Gasteiger partial charge in [0.05, 0.1) is 12.2 Å². The van der Waals surface area contributed by atoms with Gasteiger partial charge < -0.3 is 9.64 Å². The van der Waals surface area contributed by atoms with Gasteiger partial charge in [-0.15, -0.1) is 5.10 Å². The number of halogens is 1. The molecule has 1 aliphatic rings. The molecule has 0 saturated carbocycles. The summed E-state index contributed by atoms with van der Waals surface area (Å²) >= 11 is 0. The second-order valence-electron chi connectivity index (χ2n) is 7.41. The van der Waals surface area contributed by atoms with Gasteiger partial charge in [-0.3, -0.25) is 4.79 Å². The van der Waals surface area contributed by atoms with Crippen molar-refractivity contribution >= 4 is 5.91 Å². The van der Waals surface area contributed by atoms with Crippen molar-refractivity contribution < 1.29 is 13.9 Å². The lowest BCUT2D eigenvalue weighted by atomic mass is 10.1. The van der Waals surface area contributed by atoms with Gasteiger partial charge in [-0.25, -0.2) is 14.1 Å². The van der Waals surface area contributed by atoms with E-state index in [-0.39, 0.29) is 24.2 Å². The van der Waals surface area contributed by atoms with Crippen LogP contribution in [0.4, 0.5) is 4.39 Å². The van der Waals surface area contributed by atoms with Crippen LogP contribution in [0.15, 0.2) is 36.4 Å². The molecule has 4 rings (SSSR count). The van der Waals surface area contributed by atoms with E-state index >= 15 is 0 Å². The van der Waals surface area contributed by atoms with E-state index in [0.29, 0.717) is 24.7 Å². The maximum absolute atomic E-state index is 13.2. The molecule has 0 N–H and O–H groups in total. The predicted octanol–water partition coefficient (Wildman–Crippen LogP) is 3.09. The highest BCUT2D eigenvalue weighted by Crippen LogP contribution is 2.26. The highest BCUT2D eigenvalue weighted by atomic mass is 19.1. The molecule has 0 bridgehead atoms. The Labute approximate surface area is 168 Å². The summed E-state index contributed by atoms with van der Waals surface area (Å²) in [4.78, 5) is 18.6. The van der Waals surface area contributed by atoms with Crippen LogP contribution in [-0.2, 0) is 31.5 Å². The third kappa shape index (κ3) is 3.83. The van der Waals surface area contributed by atoms with Crippen LogP contribution in [0.5, 0.6) is 5.88 Å². The van der Waals surface area contributed by atoms with Gasteiger partial charge in [-0.2, -0.15) is 0 Å². The molecule has 0 fully saturated rings. The third-order valence-corrected chi connectivity index (χ3v) is 4.97. The number of carbonyl (C=O) groups is 1. The van der Waals surface area contributed by atoms with E-state index in [1.54, 1.807) is 23.9 Å². The highest BCUT2D eigenvalue weighted by molar-refractivity contribution is 5.78. The zero-order chi connectivity index (χ0) is 20.5. The summed E-state index contributed by atoms with van der Waals surface area (Å²) in [5, 5.41) is 8.24. The molecular weight excluding hydrogens is 373 g/mol. The van der Waals surface area contributed by atoms with Gasteiger partial charge in [-0.05, 0) is 35.9 Å². The molecule has 1 amide bonds. The number of ether oxygens (including phenoxy) is 1. The van der Waals surface area contributed by atoms with E-state index < -0.39 is 0 Å². The Hall–Kier alpha value is -3.29. The SMILES string of the molecule is CC(C)C(=O)N1Cc2ccc(OCc3c(-c4ccc(F)cc4)nnn3C)nc2C1. The Kier molecular flexibility index (Phi) is 5.00. The van der Waals surface area contributed by atoms with Crippen LogP contribution in [0, 0.1) is 11.7 Å². The summed E-state index contributed by atoms with van der Waals surface area (Å²) < 4.78 is 20.7. The van der Waals surface area contributed by atoms with Gasteiger partial charge in [0.25, 0.3) is 0 Å². The van der Waals surface area contributed by atoms with E-state index in [1.165, 1.54) is 12.1 Å². The second kappa shape index (κ2) is 7.62. The molecule has 0 unspecified atom stereocenters. The molecule has 1 aromatic carbocycles. The zero-order valence-corrected chi connectivity index (χ0v) is 16.6. The lowest BCUT2D eigenvalue weighted by molar-refractivity contribution is -0.135. The topological polar surface area (TPSA) is 73.1 Å². The first-order chi connectivity index (χ1) is 13.9. The fourth-order valence-electron chi connectivity index (χ4n) is 3.35. The summed E-state index contributed by atoms with van der Waals surface area (Å²) in [7, 11) is 1.78. The van der Waals surface area contributed by atoms with Crippen molar-refractivity contribution in [3.05, 3.63) is 59.2 Å². The number of amides is 1. The van der Waals surface area contributed by atoms with Gasteiger partial charge in [-0.1, -0.05) is 19.1 Å². The number of aromatic nitrogens is 4. The maximum Gasteiger partial charge on any atom is 0.225 e. The monoisotopic (exact) mass is 395 g/mol. The predicted molar refractivity (Wildman–Crippen MR) is 104 cm³/mol. The average molecular weight is 395 g/mol. The molecule has 8 heteroatoms. The van der Waals surface area contributed by atoms with Crippen molar-refractivity contribution in [1.82, 2.24) is 24.9 Å². The minimum absolute atomic E-state index is 0.0396. The molecule has 150 valence electrons. The fraction of sp³-hybridized carbons (Fsp3) is 0.333. The quantitative estimate of drug-likeness (QED) is 0.664. The second-order valence-corrected chi connectivity index (χ2v) is 7.41. The van der Waals surface area contributed by atoms with E-state index in [0.717, 1.165) is 22.5 Å². The Morgan fingerprint density at radius 3 is 2.66 bits per heavy atom. The molecule has 3 aromatic rings. The molecule has 0 radical (unpaired) electrons. The molecule has 0 aliphatic carbocycles. The largest absolute Gasteiger partial charge is 0.471 e. The molecule has 7 nitrogen and oxygen atoms in total. The Morgan fingerprint density at radius 2 is 1.93 bits per heavy atom. The van der Waals surface area contributed by atoms with Gasteiger partial charge in [0.2, 0.25) is 11.8 Å². The number of carbonyl (C=O) groups excluding carboxylic acids is 1. The van der Waals surface area contributed by atoms with Crippen LogP contribution >= 0.6 is 0 Å². The van der Waals surface area contributed by atoms with E-state index in [1.807, 2.05) is 30.9 Å². The minimum Gasteiger partial charge on any atom is -0.471 e. The number of pyridine rings is 1. The number of nitrogens with zero attached hydrogens (tertiary/aromatic N) is 5. The number of hydrogen-bond acceptors (Lipinski definition) is 5. The molecule has 3 heterocycles. The number of rotatable bonds is 5. The molecule has 1 aliphatic heterocycles. The van der Waals surface area contributed by atoms with Gasteiger partial charge in [0.1, 0.15) is 23.8 Å². The third-order valence-electron chi connectivity index (χ3n) is 4.97. The fourth-order valence-corrected chi connectivity index (χ4v) is 3.35. The molecule has 29 heavy (non-hydrogen) atoms. The molecule has 2 aromatic heterocycles. The van der Waals surface area contributed by atoms with Crippen molar-refractivity contribution in [3.63, 3.8) is 0 Å². The average Bonchev–Trinajstić information content (AvgIpc) is 3.29. The first-order valence-corrected chi connectivity index (χ1v) is 9.47. The maximum atomic E-state index is 13.2. The normalized spacial score (nSPS) is 13.1. The van der Waals surface area contributed by atoms with Crippen molar-refractivity contribution in [2.45, 2.75) is 33.5 Å². The van der Waals surface area contributed by atoms with Crippen molar-refractivity contribution in [3.8, 4) is 17.1 Å². The van der Waals surface area contributed by atoms with Crippen molar-refractivity contribution in [1.29, 1.82) is 0 Å². The van der Waals surface area contributed by atoms with Crippen LogP contribution in [0.3, 0.4) is 0 Å². The van der Waals surface area contributed by atoms with Crippen LogP contribution in [0.2, 0.25) is 0 Å². The lowest BCUT2D eigenvalue weighted by Crippen LogP contribution is -2.29. The molecule has 0 saturated heterocycles. The summed E-state index contributed by atoms with van der Waals surface area (Å²) in [6, 6.07) is 9.87. The van der Waals surface area contributed by atoms with Gasteiger partial charge in [0, 0.05) is 31.1 Å². The number of fused-ring (bicyclic) bond motifs is 1. The van der Waals surface area contributed by atoms with Crippen LogP contribution in [0.1, 0.15) is 30.8 Å². The first-order valence-electron chi connectivity index (χ1n) is 9.47.